The summed E-state index contributed by atoms with van der Waals surface area (Å²) in [6.07, 6.45) is 4.18. The van der Waals surface area contributed by atoms with Gasteiger partial charge in [0.2, 0.25) is 0 Å². The number of aliphatic hydroxyl groups excluding tert-OH is 1. The second kappa shape index (κ2) is 10.0. The van der Waals surface area contributed by atoms with E-state index in [-0.39, 0.29) is 11.5 Å². The fourth-order valence-electron chi connectivity index (χ4n) is 5.01. The highest BCUT2D eigenvalue weighted by atomic mass is 35.5. The molecule has 4 N–H and O–H groups in total. The molecule has 0 unspecified atom stereocenters. The van der Waals surface area contributed by atoms with E-state index in [1.165, 1.54) is 0 Å². The van der Waals surface area contributed by atoms with Crippen molar-refractivity contribution in [1.29, 1.82) is 10.7 Å². The summed E-state index contributed by atoms with van der Waals surface area (Å²) in [6, 6.07) is 13.0. The molecule has 1 saturated carbocycles. The van der Waals surface area contributed by atoms with E-state index >= 15 is 0 Å². The van der Waals surface area contributed by atoms with E-state index < -0.39 is 0 Å². The van der Waals surface area contributed by atoms with Gasteiger partial charge in [-0.3, -0.25) is 10.4 Å². The van der Waals surface area contributed by atoms with Crippen LogP contribution in [0.2, 0.25) is 5.02 Å². The van der Waals surface area contributed by atoms with Crippen LogP contribution in [0.1, 0.15) is 47.9 Å². The molecule has 1 saturated heterocycles. The fraction of sp³-hybridized carbons (Fsp3) is 0.423. The van der Waals surface area contributed by atoms with Crippen molar-refractivity contribution >= 4 is 23.3 Å². The van der Waals surface area contributed by atoms with Crippen molar-refractivity contribution in [2.75, 3.05) is 26.7 Å². The Morgan fingerprint density at radius 2 is 2.00 bits per heavy atom. The van der Waals surface area contributed by atoms with Crippen LogP contribution in [0.15, 0.2) is 41.4 Å². The summed E-state index contributed by atoms with van der Waals surface area (Å²) in [5.41, 5.74) is 9.39. The summed E-state index contributed by atoms with van der Waals surface area (Å²) in [6.45, 7) is 2.01. The minimum atomic E-state index is -0.166. The summed E-state index contributed by atoms with van der Waals surface area (Å²) in [4.78, 5) is 6.61. The van der Waals surface area contributed by atoms with E-state index in [9.17, 15) is 10.4 Å². The number of nitrogens with zero attached hydrogens (tertiary/aromatic N) is 3. The Hall–Kier alpha value is -3.08. The molecule has 1 heterocycles. The number of hydrogen-bond acceptors (Lipinski definition) is 5. The topological polar surface area (TPSA) is 119 Å². The first kappa shape index (κ1) is 24.1. The summed E-state index contributed by atoms with van der Waals surface area (Å²) in [5, 5.41) is 28.5. The van der Waals surface area contributed by atoms with Crippen LogP contribution in [0, 0.1) is 22.2 Å². The van der Waals surface area contributed by atoms with E-state index in [1.807, 2.05) is 18.2 Å². The van der Waals surface area contributed by atoms with Crippen LogP contribution in [-0.2, 0) is 6.42 Å². The van der Waals surface area contributed by atoms with E-state index in [0.717, 1.165) is 44.3 Å². The first-order valence-corrected chi connectivity index (χ1v) is 11.9. The van der Waals surface area contributed by atoms with Gasteiger partial charge in [0.05, 0.1) is 29.9 Å². The number of aliphatic hydroxyl groups is 1. The van der Waals surface area contributed by atoms with E-state index in [2.05, 4.69) is 16.0 Å². The van der Waals surface area contributed by atoms with Crippen molar-refractivity contribution in [3.8, 4) is 11.8 Å². The normalized spacial score (nSPS) is 17.8. The van der Waals surface area contributed by atoms with Gasteiger partial charge in [0.15, 0.2) is 0 Å². The molecule has 0 bridgehead atoms. The lowest BCUT2D eigenvalue weighted by atomic mass is 9.61. The molecule has 2 fully saturated rings. The molecule has 0 amide bonds. The van der Waals surface area contributed by atoms with Crippen LogP contribution in [-0.4, -0.2) is 54.5 Å². The van der Waals surface area contributed by atoms with E-state index in [1.54, 1.807) is 25.3 Å². The summed E-state index contributed by atoms with van der Waals surface area (Å²) in [7, 11) is 1.58. The van der Waals surface area contributed by atoms with Crippen LogP contribution in [0.3, 0.4) is 0 Å². The predicted octanol–water partition coefficient (Wildman–Crippen LogP) is 3.73. The maximum Gasteiger partial charge on any atom is 0.137 e. The molecule has 1 spiro atoms. The maximum atomic E-state index is 9.72. The third-order valence-corrected chi connectivity index (χ3v) is 7.35. The number of hydrogen-bond donors (Lipinski definition) is 3. The monoisotopic (exact) mass is 479 g/mol. The van der Waals surface area contributed by atoms with Crippen LogP contribution >= 0.6 is 11.6 Å². The molecule has 8 heteroatoms. The second-order valence-corrected chi connectivity index (χ2v) is 9.66. The Balaban J connectivity index is 1.48. The summed E-state index contributed by atoms with van der Waals surface area (Å²) >= 11 is 6.21. The number of amidine groups is 2. The predicted molar refractivity (Wildman–Crippen MR) is 134 cm³/mol. The smallest absolute Gasteiger partial charge is 0.137 e. The molecule has 0 radical (unpaired) electrons. The Labute approximate surface area is 205 Å². The van der Waals surface area contributed by atoms with Crippen LogP contribution in [0.25, 0.3) is 0 Å². The van der Waals surface area contributed by atoms with Crippen molar-refractivity contribution in [3.05, 3.63) is 63.7 Å². The lowest BCUT2D eigenvalue weighted by molar-refractivity contribution is -0.0601. The summed E-state index contributed by atoms with van der Waals surface area (Å²) < 4.78 is 5.19. The Bertz CT molecular complexity index is 1140. The van der Waals surface area contributed by atoms with Gasteiger partial charge < -0.3 is 20.5 Å². The van der Waals surface area contributed by atoms with Gasteiger partial charge in [-0.05, 0) is 73.4 Å². The minimum absolute atomic E-state index is 0.166. The molecular weight excluding hydrogens is 450 g/mol. The molecule has 7 nitrogen and oxygen atoms in total. The van der Waals surface area contributed by atoms with Crippen molar-refractivity contribution in [2.45, 2.75) is 38.2 Å². The largest absolute Gasteiger partial charge is 0.495 e. The molecule has 4 rings (SSSR count). The van der Waals surface area contributed by atoms with Crippen molar-refractivity contribution in [1.82, 2.24) is 4.90 Å². The zero-order valence-corrected chi connectivity index (χ0v) is 20.1. The van der Waals surface area contributed by atoms with Gasteiger partial charge in [0.1, 0.15) is 17.4 Å². The molecule has 2 aromatic carbocycles. The van der Waals surface area contributed by atoms with Crippen molar-refractivity contribution in [3.63, 3.8) is 0 Å². The van der Waals surface area contributed by atoms with Crippen LogP contribution in [0.5, 0.6) is 5.75 Å². The lowest BCUT2D eigenvalue weighted by Gasteiger charge is -2.51. The number of piperidine rings is 1. The standard InChI is InChI=1S/C26H30ClN5O2/c1-34-23-5-3-17(13-22(23)27)6-9-31-24(29)21-12-18(16-28)2-4-20(21)25(30)32-10-7-26(8-11-32)14-19(33)15-26/h2-5,12-13,19,30,33H,6-11,14-15H2,1H3,(H2,29,31). The molecule has 0 atom stereocenters. The number of rotatable bonds is 6. The number of nitrogens with one attached hydrogen (secondary N) is 1. The first-order valence-electron chi connectivity index (χ1n) is 11.5. The van der Waals surface area contributed by atoms with Crippen molar-refractivity contribution < 1.29 is 9.84 Å². The minimum Gasteiger partial charge on any atom is -0.495 e. The molecule has 0 aromatic heterocycles. The molecule has 34 heavy (non-hydrogen) atoms. The van der Waals surface area contributed by atoms with Gasteiger partial charge in [-0.25, -0.2) is 0 Å². The average Bonchev–Trinajstić information content (AvgIpc) is 2.83. The Morgan fingerprint density at radius 1 is 1.26 bits per heavy atom. The maximum absolute atomic E-state index is 9.72. The molecule has 2 aromatic rings. The number of nitrogens with two attached hydrogens (primary N) is 1. The number of ether oxygens (including phenoxy) is 1. The molecular formula is C26H30ClN5O2. The highest BCUT2D eigenvalue weighted by Gasteiger charge is 2.45. The highest BCUT2D eigenvalue weighted by molar-refractivity contribution is 6.32. The van der Waals surface area contributed by atoms with Crippen molar-refractivity contribution in [2.24, 2.45) is 16.1 Å². The van der Waals surface area contributed by atoms with Gasteiger partial charge >= 0.3 is 0 Å². The number of benzene rings is 2. The van der Waals surface area contributed by atoms with Gasteiger partial charge in [-0.1, -0.05) is 17.7 Å². The SMILES string of the molecule is COc1ccc(CCN=C(N)c2cc(C#N)ccc2C(=N)N2CCC3(CC2)CC(O)C3)cc1Cl. The van der Waals surface area contributed by atoms with Gasteiger partial charge in [0.25, 0.3) is 0 Å². The quantitative estimate of drug-likeness (QED) is 0.431. The third-order valence-electron chi connectivity index (χ3n) is 7.06. The summed E-state index contributed by atoms with van der Waals surface area (Å²) in [5.74, 6) is 1.34. The average molecular weight is 480 g/mol. The van der Waals surface area contributed by atoms with Crippen LogP contribution in [0.4, 0.5) is 0 Å². The number of likely N-dealkylation sites (tertiary alicyclic amines) is 1. The van der Waals surface area contributed by atoms with Gasteiger partial charge in [0, 0.05) is 30.8 Å². The number of aliphatic imine (C=N–C) groups is 1. The first-order chi connectivity index (χ1) is 16.3. The Kier molecular flexibility index (Phi) is 7.11. The zero-order valence-electron chi connectivity index (χ0n) is 19.4. The van der Waals surface area contributed by atoms with Crippen LogP contribution < -0.4 is 10.5 Å². The zero-order chi connectivity index (χ0) is 24.3. The molecule has 178 valence electrons. The number of nitriles is 1. The van der Waals surface area contributed by atoms with Gasteiger partial charge in [-0.15, -0.1) is 0 Å². The Morgan fingerprint density at radius 3 is 2.62 bits per heavy atom. The van der Waals surface area contributed by atoms with Gasteiger partial charge in [-0.2, -0.15) is 5.26 Å². The fourth-order valence-corrected chi connectivity index (χ4v) is 5.29. The lowest BCUT2D eigenvalue weighted by Crippen LogP contribution is -2.50. The third kappa shape index (κ3) is 5.03. The van der Waals surface area contributed by atoms with E-state index in [0.29, 0.717) is 52.1 Å². The second-order valence-electron chi connectivity index (χ2n) is 9.26. The molecule has 1 aliphatic heterocycles. The van der Waals surface area contributed by atoms with E-state index in [4.69, 9.17) is 27.5 Å². The number of halogens is 1. The number of methoxy groups -OCH3 is 1. The molecule has 2 aliphatic rings. The molecule has 1 aliphatic carbocycles. The highest BCUT2D eigenvalue weighted by Crippen LogP contribution is 2.49.